The Bertz CT molecular complexity index is 909. The van der Waals surface area contributed by atoms with Gasteiger partial charge in [-0.3, -0.25) is 14.4 Å². The van der Waals surface area contributed by atoms with Crippen molar-refractivity contribution in [1.29, 1.82) is 0 Å². The van der Waals surface area contributed by atoms with Crippen LogP contribution in [0.1, 0.15) is 42.5 Å². The number of aryl methyl sites for hydroxylation is 1. The molecule has 152 valence electrons. The van der Waals surface area contributed by atoms with Crippen LogP contribution in [-0.2, 0) is 25.5 Å². The third-order valence-corrected chi connectivity index (χ3v) is 4.97. The summed E-state index contributed by atoms with van der Waals surface area (Å²) < 4.78 is 4.95. The molecule has 0 saturated carbocycles. The van der Waals surface area contributed by atoms with Gasteiger partial charge in [-0.15, -0.1) is 0 Å². The second-order valence-electron chi connectivity index (χ2n) is 7.21. The Morgan fingerprint density at radius 1 is 1.14 bits per heavy atom. The number of carbonyl (C=O) groups is 3. The van der Waals surface area contributed by atoms with Crippen molar-refractivity contribution in [3.63, 3.8) is 0 Å². The molecule has 2 amide bonds. The molecule has 1 aliphatic rings. The third kappa shape index (κ3) is 5.22. The van der Waals surface area contributed by atoms with Crippen LogP contribution in [0.5, 0.6) is 0 Å². The van der Waals surface area contributed by atoms with Crippen LogP contribution >= 0.6 is 0 Å². The van der Waals surface area contributed by atoms with Gasteiger partial charge in [0.25, 0.3) is 0 Å². The van der Waals surface area contributed by atoms with Gasteiger partial charge in [-0.05, 0) is 49.9 Å². The van der Waals surface area contributed by atoms with Crippen LogP contribution in [0.15, 0.2) is 48.5 Å². The summed E-state index contributed by atoms with van der Waals surface area (Å²) in [7, 11) is 0. The van der Waals surface area contributed by atoms with Gasteiger partial charge in [-0.25, -0.2) is 0 Å². The van der Waals surface area contributed by atoms with E-state index in [0.29, 0.717) is 24.4 Å². The number of amides is 2. The fourth-order valence-electron chi connectivity index (χ4n) is 3.69. The number of esters is 1. The molecule has 29 heavy (non-hydrogen) atoms. The van der Waals surface area contributed by atoms with Crippen molar-refractivity contribution < 1.29 is 19.1 Å². The number of benzene rings is 2. The van der Waals surface area contributed by atoms with Crippen LogP contribution < -0.4 is 5.32 Å². The highest BCUT2D eigenvalue weighted by atomic mass is 16.5. The number of anilines is 1. The molecule has 0 radical (unpaired) electrons. The van der Waals surface area contributed by atoms with E-state index >= 15 is 0 Å². The average Bonchev–Trinajstić information content (AvgIpc) is 3.17. The van der Waals surface area contributed by atoms with E-state index in [1.807, 2.05) is 25.1 Å². The predicted molar refractivity (Wildman–Crippen MR) is 110 cm³/mol. The lowest BCUT2D eigenvalue weighted by Gasteiger charge is -2.24. The largest absolute Gasteiger partial charge is 0.466 e. The molecule has 1 N–H and O–H groups in total. The zero-order valence-electron chi connectivity index (χ0n) is 16.8. The van der Waals surface area contributed by atoms with Gasteiger partial charge in [-0.1, -0.05) is 42.0 Å². The Morgan fingerprint density at radius 2 is 1.93 bits per heavy atom. The van der Waals surface area contributed by atoms with E-state index in [1.165, 1.54) is 0 Å². The first-order chi connectivity index (χ1) is 14.0. The molecule has 0 bridgehead atoms. The Balaban J connectivity index is 1.67. The van der Waals surface area contributed by atoms with Crippen molar-refractivity contribution in [3.8, 4) is 0 Å². The number of likely N-dealkylation sites (tertiary alicyclic amines) is 1. The Morgan fingerprint density at radius 3 is 2.69 bits per heavy atom. The lowest BCUT2D eigenvalue weighted by atomic mass is 10.0. The zero-order valence-corrected chi connectivity index (χ0v) is 16.8. The molecular weight excluding hydrogens is 368 g/mol. The minimum absolute atomic E-state index is 0.0803. The molecule has 3 rings (SSSR count). The molecule has 1 fully saturated rings. The van der Waals surface area contributed by atoms with Crippen LogP contribution in [0.4, 0.5) is 5.69 Å². The minimum Gasteiger partial charge on any atom is -0.466 e. The summed E-state index contributed by atoms with van der Waals surface area (Å²) in [6.07, 6.45) is 1.83. The average molecular weight is 394 g/mol. The van der Waals surface area contributed by atoms with Crippen molar-refractivity contribution in [2.24, 2.45) is 0 Å². The second kappa shape index (κ2) is 9.37. The highest BCUT2D eigenvalue weighted by molar-refractivity contribution is 6.39. The van der Waals surface area contributed by atoms with Gasteiger partial charge in [0.15, 0.2) is 0 Å². The van der Waals surface area contributed by atoms with E-state index in [4.69, 9.17) is 4.74 Å². The van der Waals surface area contributed by atoms with Crippen molar-refractivity contribution in [2.45, 2.75) is 39.2 Å². The smallest absolute Gasteiger partial charge is 0.313 e. The molecule has 1 atom stereocenters. The first-order valence-electron chi connectivity index (χ1n) is 9.91. The number of hydrogen-bond donors (Lipinski definition) is 1. The van der Waals surface area contributed by atoms with Crippen molar-refractivity contribution in [2.75, 3.05) is 18.5 Å². The zero-order chi connectivity index (χ0) is 20.8. The first kappa shape index (κ1) is 20.6. The summed E-state index contributed by atoms with van der Waals surface area (Å²) in [5.74, 6) is -1.53. The maximum absolute atomic E-state index is 12.8. The van der Waals surface area contributed by atoms with Gasteiger partial charge in [0.2, 0.25) is 0 Å². The van der Waals surface area contributed by atoms with Gasteiger partial charge in [0.05, 0.1) is 19.1 Å². The number of nitrogens with one attached hydrogen (secondary N) is 1. The van der Waals surface area contributed by atoms with Crippen LogP contribution in [0.2, 0.25) is 0 Å². The molecule has 1 aliphatic heterocycles. The second-order valence-corrected chi connectivity index (χ2v) is 7.21. The monoisotopic (exact) mass is 394 g/mol. The van der Waals surface area contributed by atoms with E-state index in [1.54, 1.807) is 36.1 Å². The summed E-state index contributed by atoms with van der Waals surface area (Å²) in [4.78, 5) is 38.7. The summed E-state index contributed by atoms with van der Waals surface area (Å²) in [6, 6.07) is 14.9. The lowest BCUT2D eigenvalue weighted by Crippen LogP contribution is -2.39. The van der Waals surface area contributed by atoms with E-state index in [9.17, 15) is 14.4 Å². The van der Waals surface area contributed by atoms with E-state index in [0.717, 1.165) is 24.0 Å². The summed E-state index contributed by atoms with van der Waals surface area (Å²) in [6.45, 7) is 4.65. The molecule has 0 unspecified atom stereocenters. The molecule has 6 nitrogen and oxygen atoms in total. The Hall–Kier alpha value is -3.15. The fraction of sp³-hybridized carbons (Fsp3) is 0.348. The molecule has 0 aromatic heterocycles. The Labute approximate surface area is 170 Å². The number of hydrogen-bond acceptors (Lipinski definition) is 4. The van der Waals surface area contributed by atoms with Crippen LogP contribution in [0.25, 0.3) is 0 Å². The maximum atomic E-state index is 12.8. The molecule has 1 saturated heterocycles. The summed E-state index contributed by atoms with van der Waals surface area (Å²) in [5, 5.41) is 2.67. The Kier molecular flexibility index (Phi) is 6.65. The highest BCUT2D eigenvalue weighted by Gasteiger charge is 2.33. The predicted octanol–water partition coefficient (Wildman–Crippen LogP) is 3.40. The lowest BCUT2D eigenvalue weighted by molar-refractivity contribution is -0.143. The first-order valence-corrected chi connectivity index (χ1v) is 9.91. The number of rotatable bonds is 5. The molecule has 6 heteroatoms. The molecule has 2 aromatic rings. The fourth-order valence-corrected chi connectivity index (χ4v) is 3.69. The van der Waals surface area contributed by atoms with Crippen molar-refractivity contribution in [1.82, 2.24) is 4.90 Å². The van der Waals surface area contributed by atoms with Crippen molar-refractivity contribution in [3.05, 3.63) is 65.2 Å². The van der Waals surface area contributed by atoms with Crippen molar-refractivity contribution >= 4 is 23.5 Å². The molecule has 0 spiro atoms. The van der Waals surface area contributed by atoms with Gasteiger partial charge in [0, 0.05) is 12.2 Å². The number of carbonyl (C=O) groups excluding carboxylic acids is 3. The van der Waals surface area contributed by atoms with Gasteiger partial charge < -0.3 is 15.0 Å². The topological polar surface area (TPSA) is 75.7 Å². The summed E-state index contributed by atoms with van der Waals surface area (Å²) in [5.41, 5.74) is 3.38. The van der Waals surface area contributed by atoms with E-state index in [-0.39, 0.29) is 18.4 Å². The third-order valence-electron chi connectivity index (χ3n) is 4.97. The maximum Gasteiger partial charge on any atom is 0.313 e. The van der Waals surface area contributed by atoms with Gasteiger partial charge in [-0.2, -0.15) is 0 Å². The minimum atomic E-state index is -0.669. The standard InChI is InChI=1S/C23H26N2O4/c1-3-29-21(26)15-17-8-5-10-19(14-17)24-22(27)23(28)25-12-6-11-20(25)18-9-4-7-16(2)13-18/h4-5,7-10,13-14,20H,3,6,11-12,15H2,1-2H3,(H,24,27)/t20-/m0/s1. The van der Waals surface area contributed by atoms with E-state index in [2.05, 4.69) is 11.4 Å². The molecule has 1 heterocycles. The number of ether oxygens (including phenoxy) is 1. The summed E-state index contributed by atoms with van der Waals surface area (Å²) >= 11 is 0. The highest BCUT2D eigenvalue weighted by Crippen LogP contribution is 2.32. The van der Waals surface area contributed by atoms with E-state index < -0.39 is 11.8 Å². The molecular formula is C23H26N2O4. The number of nitrogens with zero attached hydrogens (tertiary/aromatic N) is 1. The van der Waals surface area contributed by atoms with Crippen LogP contribution in [-0.4, -0.2) is 35.8 Å². The normalized spacial score (nSPS) is 15.8. The molecule has 2 aromatic carbocycles. The van der Waals surface area contributed by atoms with Crippen LogP contribution in [0, 0.1) is 6.92 Å². The SMILES string of the molecule is CCOC(=O)Cc1cccc(NC(=O)C(=O)N2CCC[C@H]2c2cccc(C)c2)c1. The van der Waals surface area contributed by atoms with Gasteiger partial charge in [0.1, 0.15) is 0 Å². The van der Waals surface area contributed by atoms with Gasteiger partial charge >= 0.3 is 17.8 Å². The quantitative estimate of drug-likeness (QED) is 0.623. The van der Waals surface area contributed by atoms with Crippen LogP contribution in [0.3, 0.4) is 0 Å². The molecule has 0 aliphatic carbocycles.